The van der Waals surface area contributed by atoms with E-state index in [9.17, 15) is 9.18 Å². The van der Waals surface area contributed by atoms with E-state index in [1.165, 1.54) is 6.07 Å². The number of hydrogen-bond donors (Lipinski definition) is 0. The van der Waals surface area contributed by atoms with Crippen LogP contribution in [-0.4, -0.2) is 47.0 Å². The lowest BCUT2D eigenvalue weighted by atomic mass is 10.0. The first-order valence-electron chi connectivity index (χ1n) is 11.2. The van der Waals surface area contributed by atoms with E-state index in [4.69, 9.17) is 21.6 Å². The summed E-state index contributed by atoms with van der Waals surface area (Å²) in [5.41, 5.74) is 3.00. The third kappa shape index (κ3) is 5.01. The molecule has 0 unspecified atom stereocenters. The summed E-state index contributed by atoms with van der Waals surface area (Å²) in [6.07, 6.45) is 0.298. The van der Waals surface area contributed by atoms with Crippen molar-refractivity contribution in [2.75, 3.05) is 31.1 Å². The van der Waals surface area contributed by atoms with Gasteiger partial charge < -0.3 is 9.80 Å². The second kappa shape index (κ2) is 9.87. The van der Waals surface area contributed by atoms with Crippen molar-refractivity contribution < 1.29 is 9.18 Å². The molecule has 0 aliphatic carbocycles. The number of benzene rings is 2. The Bertz CT molecular complexity index is 1120. The first kappa shape index (κ1) is 23.2. The smallest absolute Gasteiger partial charge is 0.225 e. The largest absolute Gasteiger partial charge is 0.353 e. The summed E-state index contributed by atoms with van der Waals surface area (Å²) in [6, 6.07) is 14.5. The average molecular weight is 467 g/mol. The van der Waals surface area contributed by atoms with Crippen molar-refractivity contribution in [1.82, 2.24) is 14.9 Å². The summed E-state index contributed by atoms with van der Waals surface area (Å²) in [4.78, 5) is 26.2. The molecule has 7 heteroatoms. The number of rotatable bonds is 5. The van der Waals surface area contributed by atoms with Gasteiger partial charge in [-0.1, -0.05) is 61.8 Å². The predicted molar refractivity (Wildman–Crippen MR) is 130 cm³/mol. The van der Waals surface area contributed by atoms with Gasteiger partial charge in [-0.15, -0.1) is 0 Å². The average Bonchev–Trinajstić information content (AvgIpc) is 2.82. The molecule has 1 amide bonds. The van der Waals surface area contributed by atoms with Crippen LogP contribution in [0, 0.1) is 18.7 Å². The Morgan fingerprint density at radius 3 is 2.33 bits per heavy atom. The molecule has 3 aromatic rings. The molecule has 1 aliphatic rings. The zero-order valence-electron chi connectivity index (χ0n) is 19.2. The van der Waals surface area contributed by atoms with E-state index in [1.54, 1.807) is 12.1 Å². The number of amides is 1. The fourth-order valence-corrected chi connectivity index (χ4v) is 4.38. The van der Waals surface area contributed by atoms with Crippen LogP contribution >= 0.6 is 11.6 Å². The summed E-state index contributed by atoms with van der Waals surface area (Å²) in [6.45, 7) is 8.33. The van der Waals surface area contributed by atoms with Crippen molar-refractivity contribution in [2.45, 2.75) is 27.2 Å². The molecule has 0 radical (unpaired) electrons. The highest BCUT2D eigenvalue weighted by molar-refractivity contribution is 6.31. The molecule has 0 saturated carbocycles. The number of anilines is 1. The molecule has 0 atom stereocenters. The van der Waals surface area contributed by atoms with Crippen LogP contribution < -0.4 is 4.90 Å². The Hall–Kier alpha value is -2.99. The van der Waals surface area contributed by atoms with Gasteiger partial charge in [-0.25, -0.2) is 14.4 Å². The number of piperazine rings is 1. The van der Waals surface area contributed by atoms with Crippen molar-refractivity contribution >= 4 is 23.3 Å². The Balaban J connectivity index is 1.73. The highest BCUT2D eigenvalue weighted by Gasteiger charge is 2.27. The van der Waals surface area contributed by atoms with Gasteiger partial charge in [-0.2, -0.15) is 0 Å². The Morgan fingerprint density at radius 2 is 1.70 bits per heavy atom. The molecule has 0 N–H and O–H groups in total. The fraction of sp³-hybridized carbons (Fsp3) is 0.346. The van der Waals surface area contributed by atoms with Crippen molar-refractivity contribution in [2.24, 2.45) is 5.92 Å². The summed E-state index contributed by atoms with van der Waals surface area (Å²) >= 11 is 6.34. The van der Waals surface area contributed by atoms with Crippen molar-refractivity contribution in [1.29, 1.82) is 0 Å². The van der Waals surface area contributed by atoms with E-state index in [0.29, 0.717) is 49.0 Å². The van der Waals surface area contributed by atoms with E-state index in [2.05, 4.69) is 4.90 Å². The molecular weight excluding hydrogens is 439 g/mol. The van der Waals surface area contributed by atoms with E-state index in [1.807, 2.05) is 56.0 Å². The molecule has 0 spiro atoms. The summed E-state index contributed by atoms with van der Waals surface area (Å²) < 4.78 is 14.6. The topological polar surface area (TPSA) is 49.3 Å². The maximum Gasteiger partial charge on any atom is 0.225 e. The van der Waals surface area contributed by atoms with Crippen LogP contribution in [0.5, 0.6) is 0 Å². The normalized spacial score (nSPS) is 14.1. The molecule has 0 bridgehead atoms. The number of hydrogen-bond acceptors (Lipinski definition) is 4. The van der Waals surface area contributed by atoms with Gasteiger partial charge in [0.2, 0.25) is 5.91 Å². The molecule has 2 heterocycles. The van der Waals surface area contributed by atoms with Crippen molar-refractivity contribution in [3.63, 3.8) is 0 Å². The highest BCUT2D eigenvalue weighted by atomic mass is 35.5. The van der Waals surface area contributed by atoms with E-state index in [0.717, 1.165) is 22.6 Å². The van der Waals surface area contributed by atoms with E-state index < -0.39 is 0 Å². The molecule has 5 nitrogen and oxygen atoms in total. The lowest BCUT2D eigenvalue weighted by Crippen LogP contribution is -2.50. The van der Waals surface area contributed by atoms with Crippen LogP contribution in [0.1, 0.15) is 30.7 Å². The zero-order valence-corrected chi connectivity index (χ0v) is 19.9. The Labute approximate surface area is 199 Å². The lowest BCUT2D eigenvalue weighted by molar-refractivity contribution is -0.134. The van der Waals surface area contributed by atoms with Gasteiger partial charge in [0.25, 0.3) is 0 Å². The second-order valence-corrected chi connectivity index (χ2v) is 9.05. The molecule has 1 saturated heterocycles. The van der Waals surface area contributed by atoms with Gasteiger partial charge in [0, 0.05) is 65.9 Å². The molecule has 1 fully saturated rings. The molecule has 1 aliphatic heterocycles. The monoisotopic (exact) mass is 466 g/mol. The maximum absolute atomic E-state index is 14.6. The first-order valence-corrected chi connectivity index (χ1v) is 11.6. The number of nitrogens with zero attached hydrogens (tertiary/aromatic N) is 4. The van der Waals surface area contributed by atoms with Crippen LogP contribution in [0.3, 0.4) is 0 Å². The van der Waals surface area contributed by atoms with Gasteiger partial charge in [0.05, 0.1) is 0 Å². The minimum atomic E-state index is -0.340. The van der Waals surface area contributed by atoms with Crippen molar-refractivity contribution in [3.05, 3.63) is 76.2 Å². The van der Waals surface area contributed by atoms with Gasteiger partial charge in [0.1, 0.15) is 11.6 Å². The van der Waals surface area contributed by atoms with E-state index in [-0.39, 0.29) is 17.6 Å². The Morgan fingerprint density at radius 1 is 1.00 bits per heavy atom. The predicted octanol–water partition coefficient (Wildman–Crippen LogP) is 5.14. The number of carbonyl (C=O) groups excluding carboxylic acids is 1. The van der Waals surface area contributed by atoms with Crippen LogP contribution in [0.15, 0.2) is 48.5 Å². The molecular formula is C26H28ClFN4O. The number of halogens is 2. The zero-order chi connectivity index (χ0) is 23.5. The van der Waals surface area contributed by atoms with E-state index >= 15 is 0 Å². The van der Waals surface area contributed by atoms with Crippen LogP contribution in [-0.2, 0) is 11.2 Å². The minimum absolute atomic E-state index is 0.0266. The second-order valence-electron chi connectivity index (χ2n) is 8.64. The third-order valence-electron chi connectivity index (χ3n) is 6.02. The summed E-state index contributed by atoms with van der Waals surface area (Å²) in [5.74, 6) is 1.20. The fourth-order valence-electron chi connectivity index (χ4n) is 4.15. The first-order chi connectivity index (χ1) is 15.8. The lowest BCUT2D eigenvalue weighted by Gasteiger charge is -2.37. The number of carbonyl (C=O) groups is 1. The summed E-state index contributed by atoms with van der Waals surface area (Å²) in [7, 11) is 0. The highest BCUT2D eigenvalue weighted by Crippen LogP contribution is 2.31. The molecule has 172 valence electrons. The maximum atomic E-state index is 14.6. The molecule has 33 heavy (non-hydrogen) atoms. The minimum Gasteiger partial charge on any atom is -0.353 e. The quantitative estimate of drug-likeness (QED) is 0.522. The van der Waals surface area contributed by atoms with Crippen LogP contribution in [0.4, 0.5) is 10.2 Å². The molecule has 1 aromatic heterocycles. The molecule has 2 aromatic carbocycles. The van der Waals surface area contributed by atoms with Crippen molar-refractivity contribution in [3.8, 4) is 11.4 Å². The van der Waals surface area contributed by atoms with Gasteiger partial charge in [-0.05, 0) is 19.1 Å². The third-order valence-corrected chi connectivity index (χ3v) is 6.38. The van der Waals surface area contributed by atoms with Gasteiger partial charge in [0.15, 0.2) is 5.82 Å². The standard InChI is InChI=1S/C26H28ClFN4O/c1-17(2)26(33)32-14-12-31(13-15-32)25-20(16-21-22(27)10-7-11-23(21)28)18(3)29-24(30-25)19-8-5-4-6-9-19/h4-11,17H,12-16H2,1-3H3. The SMILES string of the molecule is Cc1nc(-c2ccccc2)nc(N2CCN(C(=O)C(C)C)CC2)c1Cc1c(F)cccc1Cl. The van der Waals surface area contributed by atoms with Gasteiger partial charge >= 0.3 is 0 Å². The Kier molecular flexibility index (Phi) is 6.94. The van der Waals surface area contributed by atoms with Crippen LogP contribution in [0.2, 0.25) is 5.02 Å². The summed E-state index contributed by atoms with van der Waals surface area (Å²) in [5, 5.41) is 0.389. The number of aromatic nitrogens is 2. The molecule has 4 rings (SSSR count). The van der Waals surface area contributed by atoms with Gasteiger partial charge in [-0.3, -0.25) is 4.79 Å². The van der Waals surface area contributed by atoms with Crippen LogP contribution in [0.25, 0.3) is 11.4 Å². The number of aryl methyl sites for hydroxylation is 1.